The van der Waals surface area contributed by atoms with E-state index in [0.717, 1.165) is 37.9 Å². The molecule has 0 atom stereocenters. The minimum absolute atomic E-state index is 0.0749. The Kier molecular flexibility index (Phi) is 5.05. The Bertz CT molecular complexity index is 488. The van der Waals surface area contributed by atoms with Crippen LogP contribution in [0.4, 0.5) is 5.82 Å². The number of piperidine rings is 1. The van der Waals surface area contributed by atoms with Crippen molar-refractivity contribution < 1.29 is 4.79 Å². The van der Waals surface area contributed by atoms with Gasteiger partial charge >= 0.3 is 0 Å². The molecule has 2 aliphatic rings. The van der Waals surface area contributed by atoms with E-state index in [2.05, 4.69) is 20.1 Å². The number of carbonyl (C=O) groups is 1. The second-order valence-electron chi connectivity index (χ2n) is 6.44. The van der Waals surface area contributed by atoms with Crippen molar-refractivity contribution in [1.82, 2.24) is 15.2 Å². The zero-order valence-electron chi connectivity index (χ0n) is 13.4. The SMILES string of the molecule is CC(=O)c1ccc(N2CCN(CC3CCNCC3)CC2)nc1. The van der Waals surface area contributed by atoms with Crippen LogP contribution in [0.25, 0.3) is 0 Å². The number of rotatable bonds is 4. The third-order valence-electron chi connectivity index (χ3n) is 4.83. The third-order valence-corrected chi connectivity index (χ3v) is 4.83. The van der Waals surface area contributed by atoms with E-state index in [1.807, 2.05) is 12.1 Å². The van der Waals surface area contributed by atoms with Crippen LogP contribution in [-0.2, 0) is 0 Å². The molecule has 0 unspecified atom stereocenters. The van der Waals surface area contributed by atoms with Gasteiger partial charge in [-0.25, -0.2) is 4.98 Å². The molecule has 5 heteroatoms. The molecule has 0 bridgehead atoms. The quantitative estimate of drug-likeness (QED) is 0.852. The molecule has 1 aromatic rings. The molecule has 0 aromatic carbocycles. The van der Waals surface area contributed by atoms with Crippen molar-refractivity contribution in [2.75, 3.05) is 50.7 Å². The molecule has 22 heavy (non-hydrogen) atoms. The van der Waals surface area contributed by atoms with Gasteiger partial charge in [-0.1, -0.05) is 0 Å². The summed E-state index contributed by atoms with van der Waals surface area (Å²) in [5, 5.41) is 3.43. The summed E-state index contributed by atoms with van der Waals surface area (Å²) in [4.78, 5) is 20.7. The van der Waals surface area contributed by atoms with Crippen molar-refractivity contribution in [3.05, 3.63) is 23.9 Å². The van der Waals surface area contributed by atoms with Crippen LogP contribution in [0, 0.1) is 5.92 Å². The largest absolute Gasteiger partial charge is 0.354 e. The molecule has 120 valence electrons. The first-order chi connectivity index (χ1) is 10.7. The maximum Gasteiger partial charge on any atom is 0.161 e. The van der Waals surface area contributed by atoms with Crippen molar-refractivity contribution in [3.8, 4) is 0 Å². The van der Waals surface area contributed by atoms with Crippen LogP contribution in [-0.4, -0.2) is 61.5 Å². The molecular weight excluding hydrogens is 276 g/mol. The Morgan fingerprint density at radius 3 is 2.55 bits per heavy atom. The number of nitrogens with one attached hydrogen (secondary N) is 1. The standard InChI is InChI=1S/C17H26N4O/c1-14(22)16-2-3-17(19-12-16)21-10-8-20(9-11-21)13-15-4-6-18-7-5-15/h2-3,12,15,18H,4-11,13H2,1H3. The number of hydrogen-bond acceptors (Lipinski definition) is 5. The van der Waals surface area contributed by atoms with Crippen LogP contribution in [0.15, 0.2) is 18.3 Å². The molecule has 0 aliphatic carbocycles. The number of nitrogens with zero attached hydrogens (tertiary/aromatic N) is 3. The predicted molar refractivity (Wildman–Crippen MR) is 88.5 cm³/mol. The summed E-state index contributed by atoms with van der Waals surface area (Å²) in [5.41, 5.74) is 0.688. The smallest absolute Gasteiger partial charge is 0.161 e. The average molecular weight is 302 g/mol. The van der Waals surface area contributed by atoms with E-state index < -0.39 is 0 Å². The van der Waals surface area contributed by atoms with Gasteiger partial charge in [-0.3, -0.25) is 9.69 Å². The highest BCUT2D eigenvalue weighted by Gasteiger charge is 2.22. The van der Waals surface area contributed by atoms with E-state index in [1.165, 1.54) is 32.5 Å². The molecule has 0 spiro atoms. The number of ketones is 1. The zero-order valence-corrected chi connectivity index (χ0v) is 13.4. The van der Waals surface area contributed by atoms with Gasteiger partial charge in [0.15, 0.2) is 5.78 Å². The molecule has 2 fully saturated rings. The fourth-order valence-electron chi connectivity index (χ4n) is 3.37. The van der Waals surface area contributed by atoms with E-state index >= 15 is 0 Å². The lowest BCUT2D eigenvalue weighted by atomic mass is 9.97. The van der Waals surface area contributed by atoms with Gasteiger partial charge in [-0.05, 0) is 50.9 Å². The molecule has 2 saturated heterocycles. The maximum absolute atomic E-state index is 11.3. The summed E-state index contributed by atoms with van der Waals surface area (Å²) in [6.07, 6.45) is 4.32. The van der Waals surface area contributed by atoms with Crippen molar-refractivity contribution in [2.45, 2.75) is 19.8 Å². The molecule has 3 rings (SSSR count). The molecular formula is C17H26N4O. The van der Waals surface area contributed by atoms with Crippen LogP contribution in [0.1, 0.15) is 30.1 Å². The summed E-state index contributed by atoms with van der Waals surface area (Å²) in [6, 6.07) is 3.85. The summed E-state index contributed by atoms with van der Waals surface area (Å²) in [5.74, 6) is 1.93. The van der Waals surface area contributed by atoms with Gasteiger partial charge < -0.3 is 10.2 Å². The highest BCUT2D eigenvalue weighted by atomic mass is 16.1. The highest BCUT2D eigenvalue weighted by molar-refractivity contribution is 5.93. The lowest BCUT2D eigenvalue weighted by molar-refractivity contribution is 0.101. The van der Waals surface area contributed by atoms with Gasteiger partial charge in [0.05, 0.1) is 0 Å². The van der Waals surface area contributed by atoms with E-state index in [1.54, 1.807) is 13.1 Å². The molecule has 5 nitrogen and oxygen atoms in total. The second kappa shape index (κ2) is 7.20. The highest BCUT2D eigenvalue weighted by Crippen LogP contribution is 2.17. The third kappa shape index (κ3) is 3.84. The minimum Gasteiger partial charge on any atom is -0.354 e. The Hall–Kier alpha value is -1.46. The van der Waals surface area contributed by atoms with E-state index in [0.29, 0.717) is 5.56 Å². The van der Waals surface area contributed by atoms with Gasteiger partial charge in [-0.2, -0.15) is 0 Å². The Balaban J connectivity index is 1.49. The van der Waals surface area contributed by atoms with Gasteiger partial charge in [0.25, 0.3) is 0 Å². The summed E-state index contributed by atoms with van der Waals surface area (Å²) >= 11 is 0. The first-order valence-electron chi connectivity index (χ1n) is 8.37. The predicted octanol–water partition coefficient (Wildman–Crippen LogP) is 1.41. The number of anilines is 1. The molecule has 0 radical (unpaired) electrons. The number of aromatic nitrogens is 1. The van der Waals surface area contributed by atoms with Crippen molar-refractivity contribution in [3.63, 3.8) is 0 Å². The lowest BCUT2D eigenvalue weighted by Gasteiger charge is -2.37. The number of Topliss-reactive ketones (excluding diaryl/α,β-unsaturated/α-hetero) is 1. The number of pyridine rings is 1. The van der Waals surface area contributed by atoms with E-state index in [4.69, 9.17) is 0 Å². The van der Waals surface area contributed by atoms with Gasteiger partial charge in [0.2, 0.25) is 0 Å². The van der Waals surface area contributed by atoms with Crippen LogP contribution in [0.3, 0.4) is 0 Å². The normalized spacial score (nSPS) is 21.0. The summed E-state index contributed by atoms with van der Waals surface area (Å²) in [6.45, 7) is 9.45. The number of carbonyl (C=O) groups excluding carboxylic acids is 1. The van der Waals surface area contributed by atoms with Crippen LogP contribution < -0.4 is 10.2 Å². The van der Waals surface area contributed by atoms with Gasteiger partial charge in [0, 0.05) is 44.5 Å². The lowest BCUT2D eigenvalue weighted by Crippen LogP contribution is -2.48. The fourth-order valence-corrected chi connectivity index (χ4v) is 3.37. The second-order valence-corrected chi connectivity index (χ2v) is 6.44. The van der Waals surface area contributed by atoms with Crippen LogP contribution in [0.2, 0.25) is 0 Å². The fraction of sp³-hybridized carbons (Fsp3) is 0.647. The summed E-state index contributed by atoms with van der Waals surface area (Å²) in [7, 11) is 0. The van der Waals surface area contributed by atoms with Crippen molar-refractivity contribution in [1.29, 1.82) is 0 Å². The van der Waals surface area contributed by atoms with Crippen LogP contribution >= 0.6 is 0 Å². The Morgan fingerprint density at radius 1 is 1.23 bits per heavy atom. The van der Waals surface area contributed by atoms with Crippen molar-refractivity contribution in [2.24, 2.45) is 5.92 Å². The minimum atomic E-state index is 0.0749. The zero-order chi connectivity index (χ0) is 15.4. The molecule has 2 aliphatic heterocycles. The first kappa shape index (κ1) is 15.4. The summed E-state index contributed by atoms with van der Waals surface area (Å²) < 4.78 is 0. The average Bonchev–Trinajstić information content (AvgIpc) is 2.57. The number of piperazine rings is 1. The van der Waals surface area contributed by atoms with E-state index in [-0.39, 0.29) is 5.78 Å². The van der Waals surface area contributed by atoms with Crippen molar-refractivity contribution >= 4 is 11.6 Å². The molecule has 1 N–H and O–H groups in total. The van der Waals surface area contributed by atoms with Gasteiger partial charge in [0.1, 0.15) is 5.82 Å². The molecule has 0 amide bonds. The van der Waals surface area contributed by atoms with E-state index in [9.17, 15) is 4.79 Å². The van der Waals surface area contributed by atoms with Gasteiger partial charge in [-0.15, -0.1) is 0 Å². The van der Waals surface area contributed by atoms with Crippen LogP contribution in [0.5, 0.6) is 0 Å². The maximum atomic E-state index is 11.3. The molecule has 3 heterocycles. The first-order valence-corrected chi connectivity index (χ1v) is 8.37. The Morgan fingerprint density at radius 2 is 1.95 bits per heavy atom. The monoisotopic (exact) mass is 302 g/mol. The Labute approximate surface area is 132 Å². The topological polar surface area (TPSA) is 48.5 Å². The number of hydrogen-bond donors (Lipinski definition) is 1. The molecule has 1 aromatic heterocycles. The molecule has 0 saturated carbocycles.